The molecule has 0 bridgehead atoms. The fourth-order valence-corrected chi connectivity index (χ4v) is 2.89. The molecule has 1 atom stereocenters. The summed E-state index contributed by atoms with van der Waals surface area (Å²) >= 11 is 0. The van der Waals surface area contributed by atoms with Crippen molar-refractivity contribution in [3.63, 3.8) is 0 Å². The Kier molecular flexibility index (Phi) is 4.84. The molecule has 0 aliphatic carbocycles. The van der Waals surface area contributed by atoms with Gasteiger partial charge in [-0.15, -0.1) is 0 Å². The van der Waals surface area contributed by atoms with Crippen molar-refractivity contribution in [2.24, 2.45) is 0 Å². The lowest BCUT2D eigenvalue weighted by Crippen LogP contribution is -2.38. The van der Waals surface area contributed by atoms with E-state index in [0.717, 1.165) is 22.2 Å². The van der Waals surface area contributed by atoms with Gasteiger partial charge < -0.3 is 15.0 Å². The van der Waals surface area contributed by atoms with Crippen molar-refractivity contribution in [1.82, 2.24) is 9.88 Å². The van der Waals surface area contributed by atoms with E-state index >= 15 is 0 Å². The Morgan fingerprint density at radius 1 is 1.08 bits per heavy atom. The largest absolute Gasteiger partial charge is 0.480 e. The number of rotatable bonds is 6. The van der Waals surface area contributed by atoms with Crippen LogP contribution in [0, 0.1) is 0 Å². The number of aryl methyl sites for hydroxylation is 1. The number of nitrogens with zero attached hydrogens (tertiary/aromatic N) is 1. The molecule has 0 unspecified atom stereocenters. The zero-order valence-electron chi connectivity index (χ0n) is 14.0. The van der Waals surface area contributed by atoms with E-state index < -0.39 is 12.0 Å². The molecule has 3 aromatic rings. The first-order chi connectivity index (χ1) is 12.1. The van der Waals surface area contributed by atoms with Gasteiger partial charge in [0, 0.05) is 29.6 Å². The van der Waals surface area contributed by atoms with E-state index in [1.54, 1.807) is 0 Å². The Bertz CT molecular complexity index is 900. The number of hydrogen-bond donors (Lipinski definition) is 2. The van der Waals surface area contributed by atoms with Gasteiger partial charge in [-0.05, 0) is 24.6 Å². The Hall–Kier alpha value is -3.08. The van der Waals surface area contributed by atoms with Crippen molar-refractivity contribution in [2.45, 2.75) is 25.9 Å². The molecular formula is C20H20N2O3. The minimum Gasteiger partial charge on any atom is -0.480 e. The standard InChI is InChI=1S/C20H20N2O3/c1-14(20(24)25)21-19(23)11-12-22-17-10-6-5-9-16(17)13-18(22)15-7-3-2-4-8-15/h2-10,13-14H,11-12H2,1H3,(H,21,23)(H,24,25)/t14-/m1/s1. The maximum absolute atomic E-state index is 12.0. The highest BCUT2D eigenvalue weighted by molar-refractivity contribution is 5.87. The molecule has 3 rings (SSSR count). The Morgan fingerprint density at radius 2 is 1.76 bits per heavy atom. The SMILES string of the molecule is C[C@@H](NC(=O)CCn1c(-c2ccccc2)cc2ccccc21)C(=O)O. The summed E-state index contributed by atoms with van der Waals surface area (Å²) in [6.45, 7) is 1.94. The van der Waals surface area contributed by atoms with Gasteiger partial charge in [-0.1, -0.05) is 48.5 Å². The number of amides is 1. The second-order valence-corrected chi connectivity index (χ2v) is 5.98. The molecule has 0 aliphatic rings. The predicted molar refractivity (Wildman–Crippen MR) is 97.2 cm³/mol. The molecule has 5 heteroatoms. The van der Waals surface area contributed by atoms with Crippen LogP contribution in [-0.4, -0.2) is 27.6 Å². The summed E-state index contributed by atoms with van der Waals surface area (Å²) in [4.78, 5) is 22.9. The van der Waals surface area contributed by atoms with Crippen LogP contribution >= 0.6 is 0 Å². The van der Waals surface area contributed by atoms with E-state index in [1.165, 1.54) is 6.92 Å². The van der Waals surface area contributed by atoms with Crippen LogP contribution in [0.3, 0.4) is 0 Å². The first-order valence-corrected chi connectivity index (χ1v) is 8.22. The number of para-hydroxylation sites is 1. The number of nitrogens with one attached hydrogen (secondary N) is 1. The van der Waals surface area contributed by atoms with Crippen LogP contribution in [0.2, 0.25) is 0 Å². The molecule has 0 spiro atoms. The van der Waals surface area contributed by atoms with Crippen molar-refractivity contribution in [3.8, 4) is 11.3 Å². The summed E-state index contributed by atoms with van der Waals surface area (Å²) < 4.78 is 2.11. The van der Waals surface area contributed by atoms with E-state index in [4.69, 9.17) is 5.11 Å². The van der Waals surface area contributed by atoms with Crippen molar-refractivity contribution >= 4 is 22.8 Å². The van der Waals surface area contributed by atoms with Gasteiger partial charge in [0.15, 0.2) is 0 Å². The third-order valence-electron chi connectivity index (χ3n) is 4.19. The van der Waals surface area contributed by atoms with Crippen LogP contribution in [-0.2, 0) is 16.1 Å². The normalized spacial score (nSPS) is 12.0. The van der Waals surface area contributed by atoms with Gasteiger partial charge in [-0.2, -0.15) is 0 Å². The number of benzene rings is 2. The monoisotopic (exact) mass is 336 g/mol. The maximum atomic E-state index is 12.0. The minimum absolute atomic E-state index is 0.218. The quantitative estimate of drug-likeness (QED) is 0.725. The number of aliphatic carboxylic acids is 1. The molecule has 25 heavy (non-hydrogen) atoms. The molecule has 128 valence electrons. The summed E-state index contributed by atoms with van der Waals surface area (Å²) in [6.07, 6.45) is 0.218. The maximum Gasteiger partial charge on any atom is 0.325 e. The number of hydrogen-bond acceptors (Lipinski definition) is 2. The van der Waals surface area contributed by atoms with Crippen molar-refractivity contribution in [2.75, 3.05) is 0 Å². The van der Waals surface area contributed by atoms with Crippen LogP contribution in [0.1, 0.15) is 13.3 Å². The predicted octanol–water partition coefficient (Wildman–Crippen LogP) is 3.29. The lowest BCUT2D eigenvalue weighted by Gasteiger charge is -2.13. The molecule has 0 saturated carbocycles. The number of aromatic nitrogens is 1. The summed E-state index contributed by atoms with van der Waals surface area (Å²) in [5.74, 6) is -1.31. The van der Waals surface area contributed by atoms with Gasteiger partial charge in [-0.25, -0.2) is 0 Å². The molecule has 5 nitrogen and oxygen atoms in total. The number of fused-ring (bicyclic) bond motifs is 1. The summed E-state index contributed by atoms with van der Waals surface area (Å²) in [7, 11) is 0. The lowest BCUT2D eigenvalue weighted by atomic mass is 10.1. The smallest absolute Gasteiger partial charge is 0.325 e. The van der Waals surface area contributed by atoms with E-state index in [1.807, 2.05) is 54.6 Å². The molecule has 0 aliphatic heterocycles. The number of carboxylic acids is 1. The fraction of sp³-hybridized carbons (Fsp3) is 0.200. The van der Waals surface area contributed by atoms with Crippen molar-refractivity contribution in [1.29, 1.82) is 0 Å². The number of carbonyl (C=O) groups is 2. The zero-order chi connectivity index (χ0) is 17.8. The first kappa shape index (κ1) is 16.8. The highest BCUT2D eigenvalue weighted by Crippen LogP contribution is 2.28. The van der Waals surface area contributed by atoms with Gasteiger partial charge in [0.05, 0.1) is 0 Å². The van der Waals surface area contributed by atoms with Gasteiger partial charge in [0.2, 0.25) is 5.91 Å². The van der Waals surface area contributed by atoms with Crippen LogP contribution in [0.4, 0.5) is 0 Å². The fourth-order valence-electron chi connectivity index (χ4n) is 2.89. The molecule has 2 N–H and O–H groups in total. The number of carboxylic acid groups (broad SMARTS) is 1. The molecule has 2 aromatic carbocycles. The average Bonchev–Trinajstić information content (AvgIpc) is 2.99. The molecule has 1 amide bonds. The second-order valence-electron chi connectivity index (χ2n) is 5.98. The van der Waals surface area contributed by atoms with Crippen molar-refractivity contribution < 1.29 is 14.7 Å². The Labute approximate surface area is 145 Å². The summed E-state index contributed by atoms with van der Waals surface area (Å²) in [5.41, 5.74) is 3.18. The van der Waals surface area contributed by atoms with Crippen molar-refractivity contribution in [3.05, 3.63) is 60.7 Å². The highest BCUT2D eigenvalue weighted by Gasteiger charge is 2.15. The van der Waals surface area contributed by atoms with Crippen LogP contribution in [0.25, 0.3) is 22.2 Å². The molecule has 0 saturated heterocycles. The summed E-state index contributed by atoms with van der Waals surface area (Å²) in [6, 6.07) is 19.3. The van der Waals surface area contributed by atoms with Crippen LogP contribution < -0.4 is 5.32 Å². The van der Waals surface area contributed by atoms with E-state index in [-0.39, 0.29) is 12.3 Å². The lowest BCUT2D eigenvalue weighted by molar-refractivity contribution is -0.141. The Balaban J connectivity index is 1.87. The summed E-state index contributed by atoms with van der Waals surface area (Å²) in [5, 5.41) is 12.5. The molecule has 0 radical (unpaired) electrons. The van der Waals surface area contributed by atoms with E-state index in [2.05, 4.69) is 16.0 Å². The van der Waals surface area contributed by atoms with E-state index in [0.29, 0.717) is 6.54 Å². The van der Waals surface area contributed by atoms with E-state index in [9.17, 15) is 9.59 Å². The van der Waals surface area contributed by atoms with Crippen LogP contribution in [0.15, 0.2) is 60.7 Å². The van der Waals surface area contributed by atoms with Gasteiger partial charge in [0.1, 0.15) is 6.04 Å². The Morgan fingerprint density at radius 3 is 2.48 bits per heavy atom. The molecule has 1 aromatic heterocycles. The molecular weight excluding hydrogens is 316 g/mol. The van der Waals surface area contributed by atoms with Gasteiger partial charge in [0.25, 0.3) is 0 Å². The highest BCUT2D eigenvalue weighted by atomic mass is 16.4. The average molecular weight is 336 g/mol. The zero-order valence-corrected chi connectivity index (χ0v) is 14.0. The van der Waals surface area contributed by atoms with Gasteiger partial charge >= 0.3 is 5.97 Å². The third-order valence-corrected chi connectivity index (χ3v) is 4.19. The third kappa shape index (κ3) is 3.71. The van der Waals surface area contributed by atoms with Crippen LogP contribution in [0.5, 0.6) is 0 Å². The topological polar surface area (TPSA) is 71.3 Å². The second kappa shape index (κ2) is 7.21. The molecule has 0 fully saturated rings. The number of carbonyl (C=O) groups excluding carboxylic acids is 1. The molecule has 1 heterocycles. The minimum atomic E-state index is -1.04. The first-order valence-electron chi connectivity index (χ1n) is 8.22. The van der Waals surface area contributed by atoms with Gasteiger partial charge in [-0.3, -0.25) is 9.59 Å².